The van der Waals surface area contributed by atoms with Gasteiger partial charge in [-0.15, -0.1) is 12.4 Å². The number of nitrogens with zero attached hydrogens (tertiary/aromatic N) is 2. The zero-order valence-electron chi connectivity index (χ0n) is 12.0. The summed E-state index contributed by atoms with van der Waals surface area (Å²) < 4.78 is 5.30. The summed E-state index contributed by atoms with van der Waals surface area (Å²) in [7, 11) is 0. The number of aromatic nitrogens is 2. The Morgan fingerprint density at radius 1 is 1.05 bits per heavy atom. The third kappa shape index (κ3) is 2.91. The molecule has 0 aliphatic rings. The predicted octanol–water partition coefficient (Wildman–Crippen LogP) is 3.97. The summed E-state index contributed by atoms with van der Waals surface area (Å²) in [6, 6.07) is 14.0. The van der Waals surface area contributed by atoms with E-state index in [9.17, 15) is 0 Å². The van der Waals surface area contributed by atoms with Gasteiger partial charge in [0.05, 0.1) is 6.04 Å². The molecular formula is C16H18ClN3O. The SMILES string of the molecule is CC(C)[C@@H](N)c1nc(-c2cccc3ccccc23)no1.Cl. The first-order valence-electron chi connectivity index (χ1n) is 6.74. The van der Waals surface area contributed by atoms with Gasteiger partial charge >= 0.3 is 0 Å². The molecule has 2 aromatic carbocycles. The first kappa shape index (κ1) is 15.5. The Bertz CT molecular complexity index is 734. The minimum absolute atomic E-state index is 0. The van der Waals surface area contributed by atoms with Gasteiger partial charge in [-0.05, 0) is 16.7 Å². The Hall–Kier alpha value is -1.91. The molecule has 0 radical (unpaired) electrons. The van der Waals surface area contributed by atoms with Crippen molar-refractivity contribution in [3.63, 3.8) is 0 Å². The zero-order chi connectivity index (χ0) is 14.1. The standard InChI is InChI=1S/C16H17N3O.ClH/c1-10(2)14(17)16-18-15(19-20-16)13-9-5-7-11-6-3-4-8-12(11)13;/h3-10,14H,17H2,1-2H3;1H/t14-;/m1./s1. The summed E-state index contributed by atoms with van der Waals surface area (Å²) in [5.41, 5.74) is 7.01. The second-order valence-electron chi connectivity index (χ2n) is 5.25. The van der Waals surface area contributed by atoms with Crippen LogP contribution < -0.4 is 5.73 Å². The Morgan fingerprint density at radius 3 is 2.52 bits per heavy atom. The molecule has 0 aliphatic carbocycles. The number of nitrogens with two attached hydrogens (primary N) is 1. The number of hydrogen-bond acceptors (Lipinski definition) is 4. The summed E-state index contributed by atoms with van der Waals surface area (Å²) in [6.45, 7) is 4.07. The van der Waals surface area contributed by atoms with Crippen LogP contribution in [0, 0.1) is 5.92 Å². The van der Waals surface area contributed by atoms with E-state index in [0.717, 1.165) is 16.3 Å². The maximum Gasteiger partial charge on any atom is 0.244 e. The molecule has 5 heteroatoms. The molecule has 4 nitrogen and oxygen atoms in total. The smallest absolute Gasteiger partial charge is 0.244 e. The fourth-order valence-electron chi connectivity index (χ4n) is 2.19. The average Bonchev–Trinajstić information content (AvgIpc) is 2.95. The quantitative estimate of drug-likeness (QED) is 0.795. The molecule has 0 spiro atoms. The fourth-order valence-corrected chi connectivity index (χ4v) is 2.19. The Kier molecular flexibility index (Phi) is 4.60. The number of fused-ring (bicyclic) bond motifs is 1. The lowest BCUT2D eigenvalue weighted by Gasteiger charge is -2.09. The van der Waals surface area contributed by atoms with Crippen LogP contribution in [0.25, 0.3) is 22.2 Å². The minimum atomic E-state index is -0.230. The number of rotatable bonds is 3. The molecule has 1 aromatic heterocycles. The molecule has 3 aromatic rings. The third-order valence-corrected chi connectivity index (χ3v) is 3.48. The van der Waals surface area contributed by atoms with Crippen LogP contribution in [0.2, 0.25) is 0 Å². The van der Waals surface area contributed by atoms with Crippen LogP contribution in [0.15, 0.2) is 47.0 Å². The van der Waals surface area contributed by atoms with Crippen molar-refractivity contribution < 1.29 is 4.52 Å². The lowest BCUT2D eigenvalue weighted by Crippen LogP contribution is -2.16. The van der Waals surface area contributed by atoms with E-state index in [0.29, 0.717) is 11.7 Å². The van der Waals surface area contributed by atoms with Crippen molar-refractivity contribution in [2.24, 2.45) is 11.7 Å². The average molecular weight is 304 g/mol. The molecule has 0 bridgehead atoms. The molecule has 21 heavy (non-hydrogen) atoms. The highest BCUT2D eigenvalue weighted by Crippen LogP contribution is 2.27. The van der Waals surface area contributed by atoms with E-state index < -0.39 is 0 Å². The van der Waals surface area contributed by atoms with Gasteiger partial charge in [0, 0.05) is 5.56 Å². The monoisotopic (exact) mass is 303 g/mol. The molecule has 3 rings (SSSR count). The fraction of sp³-hybridized carbons (Fsp3) is 0.250. The first-order valence-corrected chi connectivity index (χ1v) is 6.74. The second-order valence-corrected chi connectivity index (χ2v) is 5.25. The van der Waals surface area contributed by atoms with E-state index in [2.05, 4.69) is 28.3 Å². The Morgan fingerprint density at radius 2 is 1.76 bits per heavy atom. The minimum Gasteiger partial charge on any atom is -0.337 e. The van der Waals surface area contributed by atoms with E-state index in [4.69, 9.17) is 10.3 Å². The van der Waals surface area contributed by atoms with Gasteiger partial charge in [0.1, 0.15) is 0 Å². The molecule has 0 fully saturated rings. The van der Waals surface area contributed by atoms with Crippen LogP contribution in [-0.2, 0) is 0 Å². The van der Waals surface area contributed by atoms with E-state index in [1.54, 1.807) is 0 Å². The van der Waals surface area contributed by atoms with Crippen molar-refractivity contribution >= 4 is 23.2 Å². The molecule has 1 atom stereocenters. The highest BCUT2D eigenvalue weighted by Gasteiger charge is 2.19. The highest BCUT2D eigenvalue weighted by molar-refractivity contribution is 5.94. The highest BCUT2D eigenvalue weighted by atomic mass is 35.5. The van der Waals surface area contributed by atoms with E-state index >= 15 is 0 Å². The van der Waals surface area contributed by atoms with Gasteiger partial charge in [0.2, 0.25) is 11.7 Å². The lowest BCUT2D eigenvalue weighted by molar-refractivity contribution is 0.325. The normalized spacial score (nSPS) is 12.4. The first-order chi connectivity index (χ1) is 9.66. The van der Waals surface area contributed by atoms with Crippen molar-refractivity contribution in [2.75, 3.05) is 0 Å². The summed E-state index contributed by atoms with van der Waals surface area (Å²) in [5, 5.41) is 6.34. The Balaban J connectivity index is 0.00000161. The van der Waals surface area contributed by atoms with Crippen molar-refractivity contribution in [3.05, 3.63) is 48.4 Å². The van der Waals surface area contributed by atoms with Crippen LogP contribution in [0.5, 0.6) is 0 Å². The number of benzene rings is 2. The molecule has 1 heterocycles. The van der Waals surface area contributed by atoms with Crippen LogP contribution in [0.3, 0.4) is 0 Å². The molecule has 0 unspecified atom stereocenters. The maximum absolute atomic E-state index is 6.05. The van der Waals surface area contributed by atoms with Crippen LogP contribution in [0.1, 0.15) is 25.8 Å². The summed E-state index contributed by atoms with van der Waals surface area (Å²) in [4.78, 5) is 4.45. The lowest BCUT2D eigenvalue weighted by atomic mass is 10.0. The van der Waals surface area contributed by atoms with E-state index in [1.807, 2.05) is 38.1 Å². The largest absolute Gasteiger partial charge is 0.337 e. The van der Waals surface area contributed by atoms with Crippen LogP contribution in [-0.4, -0.2) is 10.1 Å². The van der Waals surface area contributed by atoms with Crippen LogP contribution in [0.4, 0.5) is 0 Å². The summed E-state index contributed by atoms with van der Waals surface area (Å²) in [6.07, 6.45) is 0. The molecule has 110 valence electrons. The van der Waals surface area contributed by atoms with Gasteiger partial charge in [-0.3, -0.25) is 0 Å². The number of hydrogen-bond donors (Lipinski definition) is 1. The maximum atomic E-state index is 6.05. The molecule has 0 amide bonds. The van der Waals surface area contributed by atoms with Crippen molar-refractivity contribution in [2.45, 2.75) is 19.9 Å². The topological polar surface area (TPSA) is 64.9 Å². The molecule has 0 saturated heterocycles. The third-order valence-electron chi connectivity index (χ3n) is 3.48. The second kappa shape index (κ2) is 6.24. The molecule has 0 saturated carbocycles. The van der Waals surface area contributed by atoms with Gasteiger partial charge in [-0.25, -0.2) is 0 Å². The molecular weight excluding hydrogens is 286 g/mol. The van der Waals surface area contributed by atoms with Gasteiger partial charge < -0.3 is 10.3 Å². The van der Waals surface area contributed by atoms with Crippen molar-refractivity contribution in [1.82, 2.24) is 10.1 Å². The van der Waals surface area contributed by atoms with E-state index in [1.165, 1.54) is 0 Å². The Labute approximate surface area is 129 Å². The van der Waals surface area contributed by atoms with Gasteiger partial charge in [-0.1, -0.05) is 61.5 Å². The molecule has 0 aliphatic heterocycles. The van der Waals surface area contributed by atoms with Gasteiger partial charge in [0.25, 0.3) is 0 Å². The van der Waals surface area contributed by atoms with Gasteiger partial charge in [-0.2, -0.15) is 4.98 Å². The molecule has 2 N–H and O–H groups in total. The predicted molar refractivity (Wildman–Crippen MR) is 86.3 cm³/mol. The van der Waals surface area contributed by atoms with Crippen molar-refractivity contribution in [3.8, 4) is 11.4 Å². The van der Waals surface area contributed by atoms with Crippen molar-refractivity contribution in [1.29, 1.82) is 0 Å². The number of halogens is 1. The zero-order valence-corrected chi connectivity index (χ0v) is 12.8. The summed E-state index contributed by atoms with van der Waals surface area (Å²) >= 11 is 0. The summed E-state index contributed by atoms with van der Waals surface area (Å²) in [5.74, 6) is 1.34. The van der Waals surface area contributed by atoms with Gasteiger partial charge in [0.15, 0.2) is 0 Å². The van der Waals surface area contributed by atoms with Crippen LogP contribution >= 0.6 is 12.4 Å². The van der Waals surface area contributed by atoms with E-state index in [-0.39, 0.29) is 24.4 Å².